The molecule has 4 heteroatoms. The highest BCUT2D eigenvalue weighted by atomic mass is 16.5. The summed E-state index contributed by atoms with van der Waals surface area (Å²) in [5.41, 5.74) is 2.22. The Balaban J connectivity index is 2.31. The second kappa shape index (κ2) is 6.48. The lowest BCUT2D eigenvalue weighted by molar-refractivity contribution is 0.372. The van der Waals surface area contributed by atoms with Crippen LogP contribution in [-0.4, -0.2) is 17.2 Å². The van der Waals surface area contributed by atoms with Crippen LogP contribution in [0.15, 0.2) is 36.5 Å². The van der Waals surface area contributed by atoms with Crippen molar-refractivity contribution in [1.29, 1.82) is 0 Å². The first-order chi connectivity index (χ1) is 10.0. The zero-order valence-corrected chi connectivity index (χ0v) is 12.9. The number of nitrogens with zero attached hydrogens (tertiary/aromatic N) is 1. The fourth-order valence-electron chi connectivity index (χ4n) is 2.30. The van der Waals surface area contributed by atoms with Gasteiger partial charge in [-0.05, 0) is 48.2 Å². The normalized spacial score (nSPS) is 12.2. The second-order valence-corrected chi connectivity index (χ2v) is 5.52. The maximum atomic E-state index is 9.72. The Morgan fingerprint density at radius 3 is 2.57 bits per heavy atom. The summed E-state index contributed by atoms with van der Waals surface area (Å²) in [6.07, 6.45) is 1.80. The van der Waals surface area contributed by atoms with Gasteiger partial charge in [0.05, 0.1) is 13.2 Å². The average molecular weight is 286 g/mol. The standard InChI is InChI=1S/C17H22N2O2/c1-11(2)17(19-16-9-12(3)7-8-18-16)13-5-6-14(20)15(10-13)21-4/h5-11,17,20H,1-4H3,(H,18,19). The Labute approximate surface area is 125 Å². The van der Waals surface area contributed by atoms with E-state index in [2.05, 4.69) is 24.1 Å². The van der Waals surface area contributed by atoms with E-state index in [9.17, 15) is 5.11 Å². The number of phenols is 1. The van der Waals surface area contributed by atoms with Gasteiger partial charge in [-0.1, -0.05) is 19.9 Å². The number of nitrogens with one attached hydrogen (secondary N) is 1. The highest BCUT2D eigenvalue weighted by Gasteiger charge is 2.18. The van der Waals surface area contributed by atoms with Crippen molar-refractivity contribution >= 4 is 5.82 Å². The number of hydrogen-bond donors (Lipinski definition) is 2. The largest absolute Gasteiger partial charge is 0.504 e. The molecule has 1 heterocycles. The Hall–Kier alpha value is -2.23. The summed E-state index contributed by atoms with van der Waals surface area (Å²) in [6, 6.07) is 9.52. The molecule has 0 aliphatic heterocycles. The topological polar surface area (TPSA) is 54.4 Å². The van der Waals surface area contributed by atoms with Crippen molar-refractivity contribution in [3.8, 4) is 11.5 Å². The van der Waals surface area contributed by atoms with Gasteiger partial charge in [0.1, 0.15) is 5.82 Å². The fraction of sp³-hybridized carbons (Fsp3) is 0.353. The smallest absolute Gasteiger partial charge is 0.160 e. The van der Waals surface area contributed by atoms with Gasteiger partial charge in [0.25, 0.3) is 0 Å². The number of aryl methyl sites for hydroxylation is 1. The molecular weight excluding hydrogens is 264 g/mol. The molecule has 1 unspecified atom stereocenters. The van der Waals surface area contributed by atoms with Crippen LogP contribution in [0, 0.1) is 12.8 Å². The molecule has 0 amide bonds. The molecule has 0 spiro atoms. The lowest BCUT2D eigenvalue weighted by atomic mass is 9.95. The highest BCUT2D eigenvalue weighted by Crippen LogP contribution is 2.33. The number of aromatic nitrogens is 1. The van der Waals surface area contributed by atoms with Crippen LogP contribution in [0.25, 0.3) is 0 Å². The van der Waals surface area contributed by atoms with E-state index in [4.69, 9.17) is 4.74 Å². The zero-order chi connectivity index (χ0) is 15.4. The first-order valence-electron chi connectivity index (χ1n) is 7.07. The molecule has 0 radical (unpaired) electrons. The van der Waals surface area contributed by atoms with Crippen molar-refractivity contribution in [2.24, 2.45) is 5.92 Å². The lowest BCUT2D eigenvalue weighted by Crippen LogP contribution is -2.17. The summed E-state index contributed by atoms with van der Waals surface area (Å²) >= 11 is 0. The number of benzene rings is 1. The van der Waals surface area contributed by atoms with E-state index in [1.165, 1.54) is 5.56 Å². The van der Waals surface area contributed by atoms with Crippen molar-refractivity contribution < 1.29 is 9.84 Å². The van der Waals surface area contributed by atoms with Crippen molar-refractivity contribution in [1.82, 2.24) is 4.98 Å². The third-order valence-corrected chi connectivity index (χ3v) is 3.45. The molecule has 1 aromatic heterocycles. The van der Waals surface area contributed by atoms with Crippen LogP contribution in [0.1, 0.15) is 31.0 Å². The summed E-state index contributed by atoms with van der Waals surface area (Å²) in [4.78, 5) is 4.36. The highest BCUT2D eigenvalue weighted by molar-refractivity contribution is 5.46. The van der Waals surface area contributed by atoms with E-state index in [0.29, 0.717) is 11.7 Å². The van der Waals surface area contributed by atoms with Gasteiger partial charge in [-0.25, -0.2) is 4.98 Å². The minimum atomic E-state index is 0.0915. The SMILES string of the molecule is COc1cc(C(Nc2cc(C)ccn2)C(C)C)ccc1O. The third-order valence-electron chi connectivity index (χ3n) is 3.45. The Morgan fingerprint density at radius 2 is 1.95 bits per heavy atom. The number of rotatable bonds is 5. The van der Waals surface area contributed by atoms with E-state index in [1.54, 1.807) is 19.4 Å². The predicted molar refractivity (Wildman–Crippen MR) is 84.8 cm³/mol. The van der Waals surface area contributed by atoms with E-state index in [-0.39, 0.29) is 11.8 Å². The van der Waals surface area contributed by atoms with Crippen LogP contribution >= 0.6 is 0 Å². The first kappa shape index (κ1) is 15.2. The van der Waals surface area contributed by atoms with E-state index in [0.717, 1.165) is 11.4 Å². The molecule has 2 aromatic rings. The number of ether oxygens (including phenoxy) is 1. The van der Waals surface area contributed by atoms with Crippen LogP contribution in [-0.2, 0) is 0 Å². The van der Waals surface area contributed by atoms with Crippen LogP contribution < -0.4 is 10.1 Å². The van der Waals surface area contributed by atoms with E-state index < -0.39 is 0 Å². The minimum Gasteiger partial charge on any atom is -0.504 e. The fourth-order valence-corrected chi connectivity index (χ4v) is 2.30. The van der Waals surface area contributed by atoms with Gasteiger partial charge in [-0.2, -0.15) is 0 Å². The Kier molecular flexibility index (Phi) is 4.68. The molecule has 1 atom stereocenters. The Bertz CT molecular complexity index is 611. The molecule has 0 aliphatic carbocycles. The molecule has 2 rings (SSSR count). The second-order valence-electron chi connectivity index (χ2n) is 5.52. The van der Waals surface area contributed by atoms with Gasteiger partial charge in [0.2, 0.25) is 0 Å². The van der Waals surface area contributed by atoms with Gasteiger partial charge in [0, 0.05) is 6.20 Å². The number of methoxy groups -OCH3 is 1. The van der Waals surface area contributed by atoms with Crippen molar-refractivity contribution in [2.75, 3.05) is 12.4 Å². The maximum Gasteiger partial charge on any atom is 0.160 e. The quantitative estimate of drug-likeness (QED) is 0.875. The molecule has 0 bridgehead atoms. The van der Waals surface area contributed by atoms with Gasteiger partial charge in [-0.15, -0.1) is 0 Å². The summed E-state index contributed by atoms with van der Waals surface area (Å²) in [6.45, 7) is 6.33. The van der Waals surface area contributed by atoms with Crippen LogP contribution in [0.4, 0.5) is 5.82 Å². The summed E-state index contributed by atoms with van der Waals surface area (Å²) in [7, 11) is 1.55. The van der Waals surface area contributed by atoms with Crippen molar-refractivity contribution in [2.45, 2.75) is 26.8 Å². The molecular formula is C17H22N2O2. The summed E-state index contributed by atoms with van der Waals surface area (Å²) in [5, 5.41) is 13.2. The minimum absolute atomic E-state index is 0.0915. The summed E-state index contributed by atoms with van der Waals surface area (Å²) in [5.74, 6) is 1.84. The molecule has 112 valence electrons. The van der Waals surface area contributed by atoms with Crippen LogP contribution in [0.3, 0.4) is 0 Å². The molecule has 2 N–H and O–H groups in total. The molecule has 0 aliphatic rings. The molecule has 1 aromatic carbocycles. The van der Waals surface area contributed by atoms with Crippen LogP contribution in [0.2, 0.25) is 0 Å². The average Bonchev–Trinajstić information content (AvgIpc) is 2.45. The molecule has 21 heavy (non-hydrogen) atoms. The number of pyridine rings is 1. The predicted octanol–water partition coefficient (Wildman–Crippen LogP) is 3.91. The lowest BCUT2D eigenvalue weighted by Gasteiger charge is -2.24. The number of aromatic hydroxyl groups is 1. The number of anilines is 1. The van der Waals surface area contributed by atoms with Gasteiger partial charge < -0.3 is 15.2 Å². The van der Waals surface area contributed by atoms with Crippen molar-refractivity contribution in [3.05, 3.63) is 47.7 Å². The number of phenolic OH excluding ortho intramolecular Hbond substituents is 1. The Morgan fingerprint density at radius 1 is 1.19 bits per heavy atom. The third kappa shape index (κ3) is 3.66. The van der Waals surface area contributed by atoms with Gasteiger partial charge in [0.15, 0.2) is 11.5 Å². The summed E-state index contributed by atoms with van der Waals surface area (Å²) < 4.78 is 5.19. The first-order valence-corrected chi connectivity index (χ1v) is 7.07. The molecule has 4 nitrogen and oxygen atoms in total. The van der Waals surface area contributed by atoms with Crippen LogP contribution in [0.5, 0.6) is 11.5 Å². The monoisotopic (exact) mass is 286 g/mol. The van der Waals surface area contributed by atoms with E-state index >= 15 is 0 Å². The van der Waals surface area contributed by atoms with Crippen molar-refractivity contribution in [3.63, 3.8) is 0 Å². The number of hydrogen-bond acceptors (Lipinski definition) is 4. The zero-order valence-electron chi connectivity index (χ0n) is 12.9. The molecule has 0 fully saturated rings. The molecule has 0 saturated carbocycles. The van der Waals surface area contributed by atoms with Gasteiger partial charge >= 0.3 is 0 Å². The van der Waals surface area contributed by atoms with E-state index in [1.807, 2.05) is 31.2 Å². The molecule has 0 saturated heterocycles. The van der Waals surface area contributed by atoms with Gasteiger partial charge in [-0.3, -0.25) is 0 Å². The maximum absolute atomic E-state index is 9.72.